The minimum Gasteiger partial charge on any atom is -0.369 e. The third-order valence-electron chi connectivity index (χ3n) is 7.26. The standard InChI is InChI=1S/C17H25N4O/c1-10-7-19-8-13(20-10)15(22)21(2)14-12-3-11-4-16(18,6-12)9-17(14,21)5-11/h7-8,10-12,14,20H,3-6,9,18H2,1-2H3/q+1. The van der Waals surface area contributed by atoms with E-state index >= 15 is 0 Å². The smallest absolute Gasteiger partial charge is 0.364 e. The Balaban J connectivity index is 1.53. The fourth-order valence-corrected chi connectivity index (χ4v) is 6.91. The molecule has 22 heavy (non-hydrogen) atoms. The number of quaternary nitrogens is 1. The first-order valence-corrected chi connectivity index (χ1v) is 8.58. The third-order valence-corrected chi connectivity index (χ3v) is 7.26. The van der Waals surface area contributed by atoms with Crippen LogP contribution in [0.15, 0.2) is 16.9 Å². The van der Waals surface area contributed by atoms with Crippen molar-refractivity contribution in [3.05, 3.63) is 11.9 Å². The lowest BCUT2D eigenvalue weighted by molar-refractivity contribution is -0.741. The molecule has 6 rings (SSSR count). The van der Waals surface area contributed by atoms with Crippen molar-refractivity contribution in [3.8, 4) is 0 Å². The van der Waals surface area contributed by atoms with Crippen molar-refractivity contribution in [3.63, 3.8) is 0 Å². The highest BCUT2D eigenvalue weighted by atomic mass is 16.2. The molecule has 4 bridgehead atoms. The van der Waals surface area contributed by atoms with Gasteiger partial charge in [-0.2, -0.15) is 0 Å². The van der Waals surface area contributed by atoms with Gasteiger partial charge in [0, 0.05) is 30.5 Å². The highest BCUT2D eigenvalue weighted by molar-refractivity contribution is 5.91. The quantitative estimate of drug-likeness (QED) is 0.559. The maximum absolute atomic E-state index is 13.3. The molecule has 2 aliphatic heterocycles. The van der Waals surface area contributed by atoms with E-state index in [1.165, 1.54) is 19.3 Å². The van der Waals surface area contributed by atoms with Crippen molar-refractivity contribution < 1.29 is 9.28 Å². The summed E-state index contributed by atoms with van der Waals surface area (Å²) in [5.41, 5.74) is 7.49. The van der Waals surface area contributed by atoms with Crippen LogP contribution in [0.4, 0.5) is 0 Å². The number of carbonyl (C=O) groups excluding carboxylic acids is 1. The van der Waals surface area contributed by atoms with E-state index in [2.05, 4.69) is 17.4 Å². The summed E-state index contributed by atoms with van der Waals surface area (Å²) in [4.78, 5) is 17.5. The SMILES string of the molecule is CC1C=NC=C(C(=O)[N+]2(C)C3C4CC5CC(N)(C4)CC32C5)N1. The summed E-state index contributed by atoms with van der Waals surface area (Å²) in [6, 6.07) is 0.626. The van der Waals surface area contributed by atoms with Crippen LogP contribution in [0.3, 0.4) is 0 Å². The summed E-state index contributed by atoms with van der Waals surface area (Å²) in [6.07, 6.45) is 9.36. The van der Waals surface area contributed by atoms with Gasteiger partial charge in [0.15, 0.2) is 17.3 Å². The maximum Gasteiger partial charge on any atom is 0.364 e. The molecule has 3 N–H and O–H groups in total. The number of nitrogens with two attached hydrogens (primary N) is 1. The Morgan fingerprint density at radius 2 is 2.27 bits per heavy atom. The number of amides is 1. The Labute approximate surface area is 131 Å². The summed E-state index contributed by atoms with van der Waals surface area (Å²) < 4.78 is 0.578. The molecule has 2 heterocycles. The average Bonchev–Trinajstić information content (AvgIpc) is 2.95. The predicted octanol–water partition coefficient (Wildman–Crippen LogP) is 0.906. The van der Waals surface area contributed by atoms with Crippen LogP contribution in [0, 0.1) is 11.8 Å². The zero-order valence-corrected chi connectivity index (χ0v) is 13.4. The number of carbonyl (C=O) groups is 1. The Morgan fingerprint density at radius 3 is 3.00 bits per heavy atom. The highest BCUT2D eigenvalue weighted by Crippen LogP contribution is 2.72. The van der Waals surface area contributed by atoms with Crippen molar-refractivity contribution >= 4 is 12.1 Å². The third kappa shape index (κ3) is 1.33. The fraction of sp³-hybridized carbons (Fsp3) is 0.765. The lowest BCUT2D eigenvalue weighted by Gasteiger charge is -2.50. The molecule has 7 unspecified atom stereocenters. The van der Waals surface area contributed by atoms with Crippen LogP contribution < -0.4 is 11.1 Å². The monoisotopic (exact) mass is 301 g/mol. The summed E-state index contributed by atoms with van der Waals surface area (Å²) >= 11 is 0. The number of nitrogens with zero attached hydrogens (tertiary/aromatic N) is 2. The van der Waals surface area contributed by atoms with Crippen LogP contribution in [0.5, 0.6) is 0 Å². The second kappa shape index (κ2) is 3.65. The summed E-state index contributed by atoms with van der Waals surface area (Å²) in [5, 5.41) is 3.30. The van der Waals surface area contributed by atoms with E-state index in [9.17, 15) is 4.79 Å². The van der Waals surface area contributed by atoms with Crippen molar-refractivity contribution in [1.82, 2.24) is 5.32 Å². The molecule has 0 aromatic rings. The molecule has 1 spiro atoms. The van der Waals surface area contributed by atoms with Crippen LogP contribution in [0.1, 0.15) is 39.0 Å². The number of hydrogen-bond acceptors (Lipinski definition) is 4. The molecule has 0 aromatic heterocycles. The number of likely N-dealkylation sites (tertiary alicyclic amines) is 1. The van der Waals surface area contributed by atoms with E-state index in [1.54, 1.807) is 6.20 Å². The predicted molar refractivity (Wildman–Crippen MR) is 83.9 cm³/mol. The van der Waals surface area contributed by atoms with Gasteiger partial charge in [0.25, 0.3) is 0 Å². The topological polar surface area (TPSA) is 67.5 Å². The number of aliphatic imine (C=N–C) groups is 1. The molecule has 5 heteroatoms. The molecule has 4 saturated carbocycles. The molecular formula is C17H25N4O+. The van der Waals surface area contributed by atoms with E-state index < -0.39 is 0 Å². The molecule has 0 radical (unpaired) electrons. The number of rotatable bonds is 1. The van der Waals surface area contributed by atoms with Crippen LogP contribution in [-0.4, -0.2) is 46.8 Å². The van der Waals surface area contributed by atoms with Gasteiger partial charge < -0.3 is 11.1 Å². The molecule has 5 nitrogen and oxygen atoms in total. The van der Waals surface area contributed by atoms with Gasteiger partial charge in [-0.3, -0.25) is 4.99 Å². The Kier molecular flexibility index (Phi) is 2.20. The van der Waals surface area contributed by atoms with Gasteiger partial charge in [-0.15, -0.1) is 0 Å². The first kappa shape index (κ1) is 13.3. The Morgan fingerprint density at radius 1 is 1.45 bits per heavy atom. The van der Waals surface area contributed by atoms with Gasteiger partial charge in [-0.05, 0) is 32.1 Å². The normalized spacial score (nSPS) is 57.1. The van der Waals surface area contributed by atoms with Gasteiger partial charge in [0.2, 0.25) is 0 Å². The van der Waals surface area contributed by atoms with E-state index in [1.807, 2.05) is 13.1 Å². The molecule has 5 fully saturated rings. The molecule has 7 atom stereocenters. The molecular weight excluding hydrogens is 276 g/mol. The van der Waals surface area contributed by atoms with Gasteiger partial charge in [-0.1, -0.05) is 0 Å². The van der Waals surface area contributed by atoms with Crippen molar-refractivity contribution in [2.75, 3.05) is 7.05 Å². The average molecular weight is 301 g/mol. The van der Waals surface area contributed by atoms with Crippen molar-refractivity contribution in [1.29, 1.82) is 0 Å². The zero-order chi connectivity index (χ0) is 15.3. The minimum absolute atomic E-state index is 0.00155. The van der Waals surface area contributed by atoms with E-state index in [4.69, 9.17) is 5.73 Å². The highest BCUT2D eigenvalue weighted by Gasteiger charge is 2.88. The largest absolute Gasteiger partial charge is 0.369 e. The van der Waals surface area contributed by atoms with E-state index in [-0.39, 0.29) is 23.0 Å². The second-order valence-electron chi connectivity index (χ2n) is 8.72. The molecule has 118 valence electrons. The number of nitrogens with one attached hydrogen (secondary N) is 1. The van der Waals surface area contributed by atoms with Crippen LogP contribution in [0.25, 0.3) is 0 Å². The number of hydrogen-bond donors (Lipinski definition) is 2. The molecule has 0 aromatic carbocycles. The van der Waals surface area contributed by atoms with Crippen molar-refractivity contribution in [2.24, 2.45) is 22.6 Å². The van der Waals surface area contributed by atoms with Gasteiger partial charge >= 0.3 is 5.91 Å². The summed E-state index contributed by atoms with van der Waals surface area (Å²) in [7, 11) is 2.16. The lowest BCUT2D eigenvalue weighted by Crippen LogP contribution is -2.60. The van der Waals surface area contributed by atoms with E-state index in [0.717, 1.165) is 18.8 Å². The fourth-order valence-electron chi connectivity index (χ4n) is 6.91. The summed E-state index contributed by atoms with van der Waals surface area (Å²) in [5.74, 6) is 1.61. The Hall–Kier alpha value is -1.20. The summed E-state index contributed by atoms with van der Waals surface area (Å²) in [6.45, 7) is 2.03. The van der Waals surface area contributed by atoms with E-state index in [0.29, 0.717) is 22.1 Å². The van der Waals surface area contributed by atoms with Crippen LogP contribution in [0.2, 0.25) is 0 Å². The van der Waals surface area contributed by atoms with Crippen LogP contribution >= 0.6 is 0 Å². The van der Waals surface area contributed by atoms with Crippen LogP contribution in [-0.2, 0) is 4.79 Å². The molecule has 6 aliphatic rings. The second-order valence-corrected chi connectivity index (χ2v) is 8.72. The molecule has 1 amide bonds. The van der Waals surface area contributed by atoms with Gasteiger partial charge in [-0.25, -0.2) is 9.28 Å². The van der Waals surface area contributed by atoms with Crippen molar-refractivity contribution in [2.45, 2.75) is 62.2 Å². The first-order chi connectivity index (χ1) is 10.4. The number of likely N-dealkylation sites (N-methyl/N-ethyl adjacent to an activating group) is 1. The maximum atomic E-state index is 13.3. The van der Waals surface area contributed by atoms with Gasteiger partial charge in [0.1, 0.15) is 0 Å². The first-order valence-electron chi connectivity index (χ1n) is 8.58. The van der Waals surface area contributed by atoms with Gasteiger partial charge in [0.05, 0.1) is 19.3 Å². The zero-order valence-electron chi connectivity index (χ0n) is 13.4. The lowest BCUT2D eigenvalue weighted by atomic mass is 9.53. The molecule has 4 aliphatic carbocycles. The Bertz CT molecular complexity index is 643. The molecule has 1 saturated heterocycles. The minimum atomic E-state index is -0.00155.